The van der Waals surface area contributed by atoms with Crippen LogP contribution in [0.5, 0.6) is 0 Å². The molecule has 1 aromatic carbocycles. The number of piperidine rings is 1. The van der Waals surface area contributed by atoms with Crippen molar-refractivity contribution in [2.45, 2.75) is 13.0 Å². The van der Waals surface area contributed by atoms with Gasteiger partial charge in [-0.2, -0.15) is 0 Å². The molecule has 2 fully saturated rings. The van der Waals surface area contributed by atoms with Gasteiger partial charge in [-0.05, 0) is 18.6 Å². The maximum Gasteiger partial charge on any atom is 0.307 e. The van der Waals surface area contributed by atoms with E-state index in [1.807, 2.05) is 35.2 Å². The average molecular weight is 372 g/mol. The van der Waals surface area contributed by atoms with E-state index in [2.05, 4.69) is 0 Å². The van der Waals surface area contributed by atoms with E-state index in [0.29, 0.717) is 52.4 Å². The molecular weight excluding hydrogens is 348 g/mol. The van der Waals surface area contributed by atoms with Gasteiger partial charge in [0.1, 0.15) is 11.3 Å². The van der Waals surface area contributed by atoms with Crippen molar-refractivity contribution < 1.29 is 23.8 Å². The quantitative estimate of drug-likeness (QED) is 0.881. The van der Waals surface area contributed by atoms with Gasteiger partial charge < -0.3 is 19.2 Å². The molecule has 0 unspecified atom stereocenters. The number of para-hydroxylation sites is 1. The summed E-state index contributed by atoms with van der Waals surface area (Å²) in [6, 6.07) is 9.77. The molecule has 1 N–H and O–H groups in total. The number of carbonyl (C=O) groups is 2. The van der Waals surface area contributed by atoms with Gasteiger partial charge in [0.2, 0.25) is 5.91 Å². The number of aliphatic carboxylic acids is 1. The number of carbonyl (C=O) groups excluding carboxylic acids is 1. The minimum absolute atomic E-state index is 0.0406. The Morgan fingerprint density at radius 2 is 1.85 bits per heavy atom. The SMILES string of the molecule is O=C(O)[C@H]1C[C@H](C(=O)N2CCOCC2)CN(Cc2cc3ccccc3o2)C1. The molecule has 1 amide bonds. The fourth-order valence-corrected chi connectivity index (χ4v) is 4.05. The van der Waals surface area contributed by atoms with Gasteiger partial charge in [-0.1, -0.05) is 18.2 Å². The van der Waals surface area contributed by atoms with Crippen molar-refractivity contribution in [3.8, 4) is 0 Å². The largest absolute Gasteiger partial charge is 0.481 e. The molecule has 2 aliphatic rings. The lowest BCUT2D eigenvalue weighted by Gasteiger charge is -2.38. The Kier molecular flexibility index (Phi) is 5.13. The van der Waals surface area contributed by atoms with E-state index < -0.39 is 11.9 Å². The van der Waals surface area contributed by atoms with Crippen molar-refractivity contribution >= 4 is 22.8 Å². The normalized spacial score (nSPS) is 24.2. The fourth-order valence-electron chi connectivity index (χ4n) is 4.05. The molecule has 0 spiro atoms. The highest BCUT2D eigenvalue weighted by atomic mass is 16.5. The summed E-state index contributed by atoms with van der Waals surface area (Å²) in [5, 5.41) is 10.6. The number of carboxylic acids is 1. The molecule has 2 saturated heterocycles. The van der Waals surface area contributed by atoms with Crippen molar-refractivity contribution in [3.63, 3.8) is 0 Å². The summed E-state index contributed by atoms with van der Waals surface area (Å²) in [6.45, 7) is 3.74. The number of likely N-dealkylation sites (tertiary alicyclic amines) is 1. The Hall–Kier alpha value is -2.38. The molecule has 1 aromatic heterocycles. The number of benzene rings is 1. The molecule has 0 radical (unpaired) electrons. The number of hydrogen-bond acceptors (Lipinski definition) is 5. The molecule has 3 heterocycles. The van der Waals surface area contributed by atoms with E-state index >= 15 is 0 Å². The fraction of sp³-hybridized carbons (Fsp3) is 0.500. The molecule has 7 nitrogen and oxygen atoms in total. The van der Waals surface area contributed by atoms with E-state index in [1.54, 1.807) is 4.90 Å². The lowest BCUT2D eigenvalue weighted by atomic mass is 9.88. The Bertz CT molecular complexity index is 794. The number of amides is 1. The van der Waals surface area contributed by atoms with Crippen LogP contribution in [0.15, 0.2) is 34.7 Å². The second-order valence-electron chi connectivity index (χ2n) is 7.35. The van der Waals surface area contributed by atoms with Crippen LogP contribution >= 0.6 is 0 Å². The molecular formula is C20H24N2O5. The summed E-state index contributed by atoms with van der Waals surface area (Å²) in [5.74, 6) is -0.858. The van der Waals surface area contributed by atoms with E-state index in [4.69, 9.17) is 9.15 Å². The third-order valence-electron chi connectivity index (χ3n) is 5.40. The maximum atomic E-state index is 12.9. The van der Waals surface area contributed by atoms with E-state index in [-0.39, 0.29) is 11.8 Å². The second-order valence-corrected chi connectivity index (χ2v) is 7.35. The number of furan rings is 1. The summed E-state index contributed by atoms with van der Waals surface area (Å²) >= 11 is 0. The first-order chi connectivity index (χ1) is 13.1. The minimum Gasteiger partial charge on any atom is -0.481 e. The van der Waals surface area contributed by atoms with Crippen molar-refractivity contribution in [1.82, 2.24) is 9.80 Å². The molecule has 2 atom stereocenters. The molecule has 2 aromatic rings. The van der Waals surface area contributed by atoms with Crippen LogP contribution in [0.1, 0.15) is 12.2 Å². The van der Waals surface area contributed by atoms with Crippen LogP contribution in [0, 0.1) is 11.8 Å². The molecule has 2 aliphatic heterocycles. The van der Waals surface area contributed by atoms with Crippen molar-refractivity contribution in [1.29, 1.82) is 0 Å². The number of fused-ring (bicyclic) bond motifs is 1. The van der Waals surface area contributed by atoms with Crippen LogP contribution in [0.3, 0.4) is 0 Å². The van der Waals surface area contributed by atoms with Crippen molar-refractivity contribution in [2.75, 3.05) is 39.4 Å². The monoisotopic (exact) mass is 372 g/mol. The number of rotatable bonds is 4. The summed E-state index contributed by atoms with van der Waals surface area (Å²) in [7, 11) is 0. The third kappa shape index (κ3) is 3.99. The van der Waals surface area contributed by atoms with Crippen LogP contribution in [-0.4, -0.2) is 66.2 Å². The number of ether oxygens (including phenoxy) is 1. The van der Waals surface area contributed by atoms with Crippen LogP contribution in [0.2, 0.25) is 0 Å². The first-order valence-electron chi connectivity index (χ1n) is 9.39. The number of nitrogens with zero attached hydrogens (tertiary/aromatic N) is 2. The van der Waals surface area contributed by atoms with Gasteiger partial charge in [0.05, 0.1) is 31.6 Å². The predicted octanol–water partition coefficient (Wildman–Crippen LogP) is 1.81. The molecule has 4 rings (SSSR count). The van der Waals surface area contributed by atoms with Gasteiger partial charge in [0.25, 0.3) is 0 Å². The summed E-state index contributed by atoms with van der Waals surface area (Å²) in [6.07, 6.45) is 0.391. The minimum atomic E-state index is -0.843. The zero-order chi connectivity index (χ0) is 18.8. The highest BCUT2D eigenvalue weighted by molar-refractivity contribution is 5.81. The summed E-state index contributed by atoms with van der Waals surface area (Å²) in [5.41, 5.74) is 0.820. The smallest absolute Gasteiger partial charge is 0.307 e. The lowest BCUT2D eigenvalue weighted by molar-refractivity contribution is -0.149. The highest BCUT2D eigenvalue weighted by Crippen LogP contribution is 2.27. The van der Waals surface area contributed by atoms with Crippen LogP contribution in [-0.2, 0) is 20.9 Å². The molecule has 0 aliphatic carbocycles. The van der Waals surface area contributed by atoms with Crippen molar-refractivity contribution in [2.24, 2.45) is 11.8 Å². The average Bonchev–Trinajstić information content (AvgIpc) is 3.10. The maximum absolute atomic E-state index is 12.9. The van der Waals surface area contributed by atoms with Gasteiger partial charge >= 0.3 is 5.97 Å². The highest BCUT2D eigenvalue weighted by Gasteiger charge is 2.37. The van der Waals surface area contributed by atoms with E-state index in [0.717, 1.165) is 16.7 Å². The Morgan fingerprint density at radius 1 is 1.11 bits per heavy atom. The van der Waals surface area contributed by atoms with Gasteiger partial charge in [-0.3, -0.25) is 14.5 Å². The number of hydrogen-bond donors (Lipinski definition) is 1. The van der Waals surface area contributed by atoms with Crippen molar-refractivity contribution in [3.05, 3.63) is 36.1 Å². The van der Waals surface area contributed by atoms with Gasteiger partial charge in [0.15, 0.2) is 0 Å². The Balaban J connectivity index is 1.49. The first kappa shape index (κ1) is 18.0. The number of morpholine rings is 1. The Labute approximate surface area is 157 Å². The summed E-state index contributed by atoms with van der Waals surface area (Å²) < 4.78 is 11.2. The van der Waals surface area contributed by atoms with Gasteiger partial charge in [-0.15, -0.1) is 0 Å². The molecule has 0 bridgehead atoms. The topological polar surface area (TPSA) is 83.2 Å². The molecule has 0 saturated carbocycles. The van der Waals surface area contributed by atoms with Crippen LogP contribution < -0.4 is 0 Å². The van der Waals surface area contributed by atoms with Gasteiger partial charge in [0, 0.05) is 31.6 Å². The molecule has 7 heteroatoms. The van der Waals surface area contributed by atoms with Crippen LogP contribution in [0.25, 0.3) is 11.0 Å². The zero-order valence-electron chi connectivity index (χ0n) is 15.2. The molecule has 27 heavy (non-hydrogen) atoms. The third-order valence-corrected chi connectivity index (χ3v) is 5.40. The van der Waals surface area contributed by atoms with E-state index in [9.17, 15) is 14.7 Å². The second kappa shape index (κ2) is 7.70. The lowest BCUT2D eigenvalue weighted by Crippen LogP contribution is -2.51. The summed E-state index contributed by atoms with van der Waals surface area (Å²) in [4.78, 5) is 28.4. The predicted molar refractivity (Wildman–Crippen MR) is 98.1 cm³/mol. The Morgan fingerprint density at radius 3 is 2.59 bits per heavy atom. The zero-order valence-corrected chi connectivity index (χ0v) is 15.2. The standard InChI is InChI=1S/C20H24N2O5/c23-19(22-5-7-26-8-6-22)15-9-16(20(24)25)12-21(11-15)13-17-10-14-3-1-2-4-18(14)27-17/h1-4,10,15-16H,5-9,11-13H2,(H,24,25)/t15-,16-/m0/s1. The van der Waals surface area contributed by atoms with Crippen LogP contribution in [0.4, 0.5) is 0 Å². The van der Waals surface area contributed by atoms with Gasteiger partial charge in [-0.25, -0.2) is 0 Å². The molecule has 144 valence electrons. The van der Waals surface area contributed by atoms with E-state index in [1.165, 1.54) is 0 Å². The first-order valence-corrected chi connectivity index (χ1v) is 9.39. The number of carboxylic acid groups (broad SMARTS) is 1.